The van der Waals surface area contributed by atoms with Gasteiger partial charge in [0.15, 0.2) is 0 Å². The lowest BCUT2D eigenvalue weighted by Gasteiger charge is -2.39. The summed E-state index contributed by atoms with van der Waals surface area (Å²) in [5, 5.41) is 3.03. The van der Waals surface area contributed by atoms with Crippen LogP contribution in [0.3, 0.4) is 0 Å². The van der Waals surface area contributed by atoms with Gasteiger partial charge in [0.25, 0.3) is 0 Å². The Kier molecular flexibility index (Phi) is 3.50. The van der Waals surface area contributed by atoms with Crippen LogP contribution in [-0.2, 0) is 9.53 Å². The number of carbonyl (C=O) groups is 1. The SMILES string of the molecule is CCOC1CC(NC(=O)CC2(N)CCC2)C1. The molecule has 4 heteroatoms. The van der Waals surface area contributed by atoms with E-state index in [2.05, 4.69) is 5.32 Å². The number of nitrogens with one attached hydrogen (secondary N) is 1. The highest BCUT2D eigenvalue weighted by Gasteiger charge is 2.36. The standard InChI is InChI=1S/C12H22N2O2/c1-2-16-10-6-9(7-10)14-11(15)8-12(13)4-3-5-12/h9-10H,2-8,13H2,1H3,(H,14,15). The molecule has 2 saturated carbocycles. The van der Waals surface area contributed by atoms with Crippen molar-refractivity contribution in [1.82, 2.24) is 5.32 Å². The largest absolute Gasteiger partial charge is 0.378 e. The average molecular weight is 226 g/mol. The molecule has 0 spiro atoms. The monoisotopic (exact) mass is 226 g/mol. The first-order valence-corrected chi connectivity index (χ1v) is 6.31. The number of nitrogens with two attached hydrogens (primary N) is 1. The fourth-order valence-electron chi connectivity index (χ4n) is 2.46. The van der Waals surface area contributed by atoms with Crippen LogP contribution < -0.4 is 11.1 Å². The van der Waals surface area contributed by atoms with Crippen molar-refractivity contribution < 1.29 is 9.53 Å². The molecular weight excluding hydrogens is 204 g/mol. The molecule has 2 rings (SSSR count). The van der Waals surface area contributed by atoms with Gasteiger partial charge in [-0.2, -0.15) is 0 Å². The third kappa shape index (κ3) is 2.74. The van der Waals surface area contributed by atoms with E-state index in [1.165, 1.54) is 6.42 Å². The molecule has 2 fully saturated rings. The molecule has 0 saturated heterocycles. The number of ether oxygens (including phenoxy) is 1. The zero-order valence-electron chi connectivity index (χ0n) is 10.00. The van der Waals surface area contributed by atoms with Crippen LogP contribution >= 0.6 is 0 Å². The number of rotatable bonds is 5. The molecule has 4 nitrogen and oxygen atoms in total. The Morgan fingerprint density at radius 2 is 2.19 bits per heavy atom. The molecule has 0 atom stereocenters. The van der Waals surface area contributed by atoms with Gasteiger partial charge in [-0.1, -0.05) is 0 Å². The van der Waals surface area contributed by atoms with Gasteiger partial charge < -0.3 is 15.8 Å². The van der Waals surface area contributed by atoms with Gasteiger partial charge in [0.2, 0.25) is 5.91 Å². The highest BCUT2D eigenvalue weighted by Crippen LogP contribution is 2.32. The van der Waals surface area contributed by atoms with E-state index in [9.17, 15) is 4.79 Å². The quantitative estimate of drug-likeness (QED) is 0.733. The number of hydrogen-bond donors (Lipinski definition) is 2. The molecule has 92 valence electrons. The predicted molar refractivity (Wildman–Crippen MR) is 62.0 cm³/mol. The van der Waals surface area contributed by atoms with Crippen LogP contribution in [0.15, 0.2) is 0 Å². The maximum atomic E-state index is 11.7. The molecule has 0 aromatic carbocycles. The number of carbonyl (C=O) groups excluding carboxylic acids is 1. The number of hydrogen-bond acceptors (Lipinski definition) is 3. The second-order valence-corrected chi connectivity index (χ2v) is 5.21. The highest BCUT2D eigenvalue weighted by atomic mass is 16.5. The first-order valence-electron chi connectivity index (χ1n) is 6.31. The molecule has 2 aliphatic rings. The summed E-state index contributed by atoms with van der Waals surface area (Å²) < 4.78 is 5.45. The van der Waals surface area contributed by atoms with Crippen molar-refractivity contribution in [2.24, 2.45) is 5.73 Å². The molecule has 1 amide bonds. The van der Waals surface area contributed by atoms with E-state index >= 15 is 0 Å². The Labute approximate surface area is 96.9 Å². The molecule has 0 aliphatic heterocycles. The van der Waals surface area contributed by atoms with Gasteiger partial charge in [0.1, 0.15) is 0 Å². The molecule has 0 unspecified atom stereocenters. The Morgan fingerprint density at radius 3 is 2.69 bits per heavy atom. The van der Waals surface area contributed by atoms with Gasteiger partial charge in [-0.25, -0.2) is 0 Å². The van der Waals surface area contributed by atoms with Crippen LogP contribution in [0.4, 0.5) is 0 Å². The molecule has 2 aliphatic carbocycles. The van der Waals surface area contributed by atoms with Crippen molar-refractivity contribution in [1.29, 1.82) is 0 Å². The van der Waals surface area contributed by atoms with Gasteiger partial charge in [-0.3, -0.25) is 4.79 Å². The molecule has 3 N–H and O–H groups in total. The predicted octanol–water partition coefficient (Wildman–Crippen LogP) is 0.942. The zero-order valence-corrected chi connectivity index (χ0v) is 10.00. The van der Waals surface area contributed by atoms with Crippen molar-refractivity contribution in [2.45, 2.75) is 63.1 Å². The molecule has 0 radical (unpaired) electrons. The lowest BCUT2D eigenvalue weighted by atomic mass is 9.75. The molecule has 0 aromatic heterocycles. The first kappa shape index (κ1) is 11.9. The Morgan fingerprint density at radius 1 is 1.50 bits per heavy atom. The van der Waals surface area contributed by atoms with E-state index in [1.807, 2.05) is 6.92 Å². The second-order valence-electron chi connectivity index (χ2n) is 5.21. The molecule has 16 heavy (non-hydrogen) atoms. The summed E-state index contributed by atoms with van der Waals surface area (Å²) in [4.78, 5) is 11.7. The van der Waals surface area contributed by atoms with E-state index in [4.69, 9.17) is 10.5 Å². The number of amides is 1. The van der Waals surface area contributed by atoms with E-state index in [0.717, 1.165) is 32.3 Å². The van der Waals surface area contributed by atoms with E-state index in [-0.39, 0.29) is 11.4 Å². The summed E-state index contributed by atoms with van der Waals surface area (Å²) in [6.45, 7) is 2.76. The summed E-state index contributed by atoms with van der Waals surface area (Å²) in [5.74, 6) is 0.113. The van der Waals surface area contributed by atoms with E-state index in [1.54, 1.807) is 0 Å². The highest BCUT2D eigenvalue weighted by molar-refractivity contribution is 5.77. The normalized spacial score (nSPS) is 31.4. The lowest BCUT2D eigenvalue weighted by Crippen LogP contribution is -2.53. The van der Waals surface area contributed by atoms with Crippen LogP contribution in [0.5, 0.6) is 0 Å². The Balaban J connectivity index is 1.62. The molecule has 0 aromatic rings. The van der Waals surface area contributed by atoms with Crippen molar-refractivity contribution in [2.75, 3.05) is 6.61 Å². The smallest absolute Gasteiger partial charge is 0.222 e. The van der Waals surface area contributed by atoms with Crippen molar-refractivity contribution in [3.05, 3.63) is 0 Å². The van der Waals surface area contributed by atoms with Crippen molar-refractivity contribution in [3.63, 3.8) is 0 Å². The minimum atomic E-state index is -0.201. The maximum Gasteiger partial charge on any atom is 0.222 e. The lowest BCUT2D eigenvalue weighted by molar-refractivity contribution is -0.125. The topological polar surface area (TPSA) is 64.3 Å². The Hall–Kier alpha value is -0.610. The second kappa shape index (κ2) is 4.72. The van der Waals surface area contributed by atoms with E-state index < -0.39 is 0 Å². The van der Waals surface area contributed by atoms with Gasteiger partial charge in [-0.15, -0.1) is 0 Å². The van der Waals surface area contributed by atoms with Crippen LogP contribution in [0.2, 0.25) is 0 Å². The fourth-order valence-corrected chi connectivity index (χ4v) is 2.46. The zero-order chi connectivity index (χ0) is 11.6. The molecular formula is C12H22N2O2. The first-order chi connectivity index (χ1) is 7.61. The third-order valence-electron chi connectivity index (χ3n) is 3.72. The van der Waals surface area contributed by atoms with Crippen LogP contribution in [0.25, 0.3) is 0 Å². The van der Waals surface area contributed by atoms with Gasteiger partial charge in [0.05, 0.1) is 6.10 Å². The van der Waals surface area contributed by atoms with Crippen LogP contribution in [0.1, 0.15) is 45.4 Å². The van der Waals surface area contributed by atoms with Gasteiger partial charge in [-0.05, 0) is 39.0 Å². The van der Waals surface area contributed by atoms with E-state index in [0.29, 0.717) is 18.6 Å². The third-order valence-corrected chi connectivity index (χ3v) is 3.72. The minimum absolute atomic E-state index is 0.113. The van der Waals surface area contributed by atoms with Gasteiger partial charge >= 0.3 is 0 Å². The van der Waals surface area contributed by atoms with Crippen molar-refractivity contribution in [3.8, 4) is 0 Å². The van der Waals surface area contributed by atoms with Crippen LogP contribution in [-0.4, -0.2) is 30.2 Å². The van der Waals surface area contributed by atoms with Crippen molar-refractivity contribution >= 4 is 5.91 Å². The molecule has 0 heterocycles. The van der Waals surface area contributed by atoms with Crippen LogP contribution in [0, 0.1) is 0 Å². The minimum Gasteiger partial charge on any atom is -0.378 e. The molecule has 0 bridgehead atoms. The maximum absolute atomic E-state index is 11.7. The summed E-state index contributed by atoms with van der Waals surface area (Å²) >= 11 is 0. The van der Waals surface area contributed by atoms with Gasteiger partial charge in [0, 0.05) is 24.6 Å². The average Bonchev–Trinajstić information content (AvgIpc) is 2.12. The Bertz CT molecular complexity index is 258. The summed E-state index contributed by atoms with van der Waals surface area (Å²) in [5.41, 5.74) is 5.83. The summed E-state index contributed by atoms with van der Waals surface area (Å²) in [7, 11) is 0. The summed E-state index contributed by atoms with van der Waals surface area (Å²) in [6.07, 6.45) is 5.90. The fraction of sp³-hybridized carbons (Fsp3) is 0.917. The summed E-state index contributed by atoms with van der Waals surface area (Å²) in [6, 6.07) is 0.313.